The van der Waals surface area contributed by atoms with Crippen LogP contribution in [-0.4, -0.2) is 20.9 Å². The maximum atomic E-state index is 10.6. The molecule has 3 aromatic rings. The van der Waals surface area contributed by atoms with Gasteiger partial charge in [0.1, 0.15) is 24.7 Å². The Hall–Kier alpha value is -2.69. The Kier molecular flexibility index (Phi) is 3.41. The van der Waals surface area contributed by atoms with E-state index in [2.05, 4.69) is 10.1 Å². The van der Waals surface area contributed by atoms with Gasteiger partial charge in [-0.1, -0.05) is 30.3 Å². The summed E-state index contributed by atoms with van der Waals surface area (Å²) >= 11 is 0. The fraction of sp³-hybridized carbons (Fsp3) is 0.133. The molecule has 3 rings (SSSR count). The van der Waals surface area contributed by atoms with E-state index in [4.69, 9.17) is 4.74 Å². The van der Waals surface area contributed by atoms with Crippen LogP contribution in [0.1, 0.15) is 11.3 Å². The molecule has 0 N–H and O–H groups in total. The van der Waals surface area contributed by atoms with Crippen molar-refractivity contribution in [2.75, 3.05) is 0 Å². The third-order valence-corrected chi connectivity index (χ3v) is 3.01. The van der Waals surface area contributed by atoms with Crippen LogP contribution in [0.5, 0.6) is 5.88 Å². The zero-order valence-corrected chi connectivity index (χ0v) is 10.8. The standard InChI is InChI=1S/C15H13N3O2/c19-9-8-13-6-7-14-15(16-11-17-18(13)14)20-10-12-4-2-1-3-5-12/h1-7,9,11H,8,10H2. The summed E-state index contributed by atoms with van der Waals surface area (Å²) in [6.07, 6.45) is 2.61. The summed E-state index contributed by atoms with van der Waals surface area (Å²) < 4.78 is 7.42. The van der Waals surface area contributed by atoms with Crippen molar-refractivity contribution in [3.05, 3.63) is 60.0 Å². The molecule has 2 heterocycles. The van der Waals surface area contributed by atoms with Crippen LogP contribution in [0.2, 0.25) is 0 Å². The van der Waals surface area contributed by atoms with Gasteiger partial charge < -0.3 is 9.53 Å². The summed E-state index contributed by atoms with van der Waals surface area (Å²) in [7, 11) is 0. The van der Waals surface area contributed by atoms with Crippen molar-refractivity contribution in [3.8, 4) is 5.88 Å². The van der Waals surface area contributed by atoms with Crippen LogP contribution in [0.25, 0.3) is 5.52 Å². The number of hydrogen-bond donors (Lipinski definition) is 0. The molecule has 0 saturated heterocycles. The van der Waals surface area contributed by atoms with Gasteiger partial charge >= 0.3 is 0 Å². The van der Waals surface area contributed by atoms with Crippen LogP contribution >= 0.6 is 0 Å². The molecule has 0 bridgehead atoms. The lowest BCUT2D eigenvalue weighted by atomic mass is 10.2. The van der Waals surface area contributed by atoms with Crippen LogP contribution in [0.3, 0.4) is 0 Å². The van der Waals surface area contributed by atoms with Gasteiger partial charge in [-0.25, -0.2) is 4.52 Å². The zero-order valence-electron chi connectivity index (χ0n) is 10.8. The molecule has 0 unspecified atom stereocenters. The fourth-order valence-corrected chi connectivity index (χ4v) is 2.04. The normalized spacial score (nSPS) is 10.6. The Labute approximate surface area is 115 Å². The Balaban J connectivity index is 1.86. The first-order valence-electron chi connectivity index (χ1n) is 6.30. The van der Waals surface area contributed by atoms with E-state index in [1.165, 1.54) is 6.33 Å². The van der Waals surface area contributed by atoms with Gasteiger partial charge in [0.2, 0.25) is 5.88 Å². The van der Waals surface area contributed by atoms with Gasteiger partial charge in [0, 0.05) is 6.42 Å². The second-order valence-electron chi connectivity index (χ2n) is 4.33. The molecule has 5 nitrogen and oxygen atoms in total. The van der Waals surface area contributed by atoms with Crippen molar-refractivity contribution < 1.29 is 9.53 Å². The fourth-order valence-electron chi connectivity index (χ4n) is 2.04. The first-order valence-corrected chi connectivity index (χ1v) is 6.30. The molecule has 0 fully saturated rings. The average Bonchev–Trinajstić information content (AvgIpc) is 2.91. The molecule has 0 aliphatic carbocycles. The highest BCUT2D eigenvalue weighted by Crippen LogP contribution is 2.19. The molecular weight excluding hydrogens is 254 g/mol. The van der Waals surface area contributed by atoms with Gasteiger partial charge in [-0.3, -0.25) is 0 Å². The third-order valence-electron chi connectivity index (χ3n) is 3.01. The van der Waals surface area contributed by atoms with Crippen LogP contribution in [0, 0.1) is 0 Å². The van der Waals surface area contributed by atoms with Gasteiger partial charge in [-0.05, 0) is 17.7 Å². The summed E-state index contributed by atoms with van der Waals surface area (Å²) in [5, 5.41) is 4.14. The predicted molar refractivity (Wildman–Crippen MR) is 73.5 cm³/mol. The lowest BCUT2D eigenvalue weighted by Gasteiger charge is -2.07. The first kappa shape index (κ1) is 12.3. The first-order chi connectivity index (χ1) is 9.88. The SMILES string of the molecule is O=CCc1ccc2c(OCc3ccccc3)ncnn12. The largest absolute Gasteiger partial charge is 0.471 e. The van der Waals surface area contributed by atoms with E-state index >= 15 is 0 Å². The third kappa shape index (κ3) is 2.38. The number of nitrogens with zero attached hydrogens (tertiary/aromatic N) is 3. The van der Waals surface area contributed by atoms with Gasteiger partial charge in [-0.2, -0.15) is 10.1 Å². The van der Waals surface area contributed by atoms with E-state index in [-0.39, 0.29) is 0 Å². The molecule has 0 atom stereocenters. The molecule has 0 radical (unpaired) electrons. The Bertz CT molecular complexity index is 722. The molecule has 0 amide bonds. The van der Waals surface area contributed by atoms with E-state index < -0.39 is 0 Å². The number of aromatic nitrogens is 3. The molecule has 20 heavy (non-hydrogen) atoms. The smallest absolute Gasteiger partial charge is 0.241 e. The second-order valence-corrected chi connectivity index (χ2v) is 4.33. The van der Waals surface area contributed by atoms with Crippen LogP contribution in [0.4, 0.5) is 0 Å². The monoisotopic (exact) mass is 267 g/mol. The minimum atomic E-state index is 0.323. The average molecular weight is 267 g/mol. The minimum Gasteiger partial charge on any atom is -0.471 e. The maximum absolute atomic E-state index is 10.6. The molecular formula is C15H13N3O2. The van der Waals surface area contributed by atoms with Crippen LogP contribution < -0.4 is 4.74 Å². The van der Waals surface area contributed by atoms with Crippen LogP contribution in [-0.2, 0) is 17.8 Å². The van der Waals surface area contributed by atoms with E-state index in [1.54, 1.807) is 4.52 Å². The molecule has 100 valence electrons. The topological polar surface area (TPSA) is 56.5 Å². The molecule has 2 aromatic heterocycles. The summed E-state index contributed by atoms with van der Waals surface area (Å²) in [5.41, 5.74) is 2.66. The number of ether oxygens (including phenoxy) is 1. The second kappa shape index (κ2) is 5.52. The van der Waals surface area contributed by atoms with Gasteiger partial charge in [0.15, 0.2) is 0 Å². The number of carbonyl (C=O) groups is 1. The Morgan fingerprint density at radius 1 is 1.15 bits per heavy atom. The molecule has 0 aliphatic rings. The molecule has 0 spiro atoms. The number of aldehydes is 1. The number of rotatable bonds is 5. The van der Waals surface area contributed by atoms with Crippen molar-refractivity contribution in [2.45, 2.75) is 13.0 Å². The highest BCUT2D eigenvalue weighted by Gasteiger charge is 2.09. The van der Waals surface area contributed by atoms with Gasteiger partial charge in [0.25, 0.3) is 0 Å². The minimum absolute atomic E-state index is 0.323. The lowest BCUT2D eigenvalue weighted by Crippen LogP contribution is -2.03. The number of hydrogen-bond acceptors (Lipinski definition) is 4. The van der Waals surface area contributed by atoms with Gasteiger partial charge in [0.05, 0.1) is 5.69 Å². The summed E-state index contributed by atoms with van der Waals surface area (Å²) in [6, 6.07) is 13.6. The summed E-state index contributed by atoms with van der Waals surface area (Å²) in [4.78, 5) is 14.8. The maximum Gasteiger partial charge on any atom is 0.241 e. The Morgan fingerprint density at radius 3 is 2.80 bits per heavy atom. The molecule has 1 aromatic carbocycles. The zero-order chi connectivity index (χ0) is 13.8. The predicted octanol–water partition coefficient (Wildman–Crippen LogP) is 2.05. The van der Waals surface area contributed by atoms with E-state index in [9.17, 15) is 4.79 Å². The highest BCUT2D eigenvalue weighted by atomic mass is 16.5. The van der Waals surface area contributed by atoms with Crippen LogP contribution in [0.15, 0.2) is 48.8 Å². The van der Waals surface area contributed by atoms with Crippen molar-refractivity contribution in [1.29, 1.82) is 0 Å². The van der Waals surface area contributed by atoms with E-state index in [1.807, 2.05) is 42.5 Å². The quantitative estimate of drug-likeness (QED) is 0.664. The summed E-state index contributed by atoms with van der Waals surface area (Å²) in [6.45, 7) is 0.446. The number of carbonyl (C=O) groups excluding carboxylic acids is 1. The van der Waals surface area contributed by atoms with Crippen molar-refractivity contribution in [1.82, 2.24) is 14.6 Å². The summed E-state index contributed by atoms with van der Waals surface area (Å²) in [5.74, 6) is 0.515. The van der Waals surface area contributed by atoms with Crippen molar-refractivity contribution in [2.24, 2.45) is 0 Å². The van der Waals surface area contributed by atoms with Gasteiger partial charge in [-0.15, -0.1) is 0 Å². The molecule has 0 aliphatic heterocycles. The number of benzene rings is 1. The van der Waals surface area contributed by atoms with E-state index in [0.717, 1.165) is 23.1 Å². The molecule has 0 saturated carbocycles. The molecule has 5 heteroatoms. The number of fused-ring (bicyclic) bond motifs is 1. The van der Waals surface area contributed by atoms with E-state index in [0.29, 0.717) is 18.9 Å². The lowest BCUT2D eigenvalue weighted by molar-refractivity contribution is -0.107. The Morgan fingerprint density at radius 2 is 2.00 bits per heavy atom. The highest BCUT2D eigenvalue weighted by molar-refractivity contribution is 5.61. The van der Waals surface area contributed by atoms with Crippen molar-refractivity contribution >= 4 is 11.8 Å². The van der Waals surface area contributed by atoms with Crippen molar-refractivity contribution in [3.63, 3.8) is 0 Å².